The van der Waals surface area contributed by atoms with Crippen LogP contribution in [0.3, 0.4) is 0 Å². The van der Waals surface area contributed by atoms with Crippen LogP contribution in [0.4, 0.5) is 0 Å². The molecule has 3 unspecified atom stereocenters. The molecule has 1 amide bonds. The van der Waals surface area contributed by atoms with E-state index in [9.17, 15) is 4.79 Å². The highest BCUT2D eigenvalue weighted by Gasteiger charge is 2.19. The molecule has 0 aromatic rings. The summed E-state index contributed by atoms with van der Waals surface area (Å²) in [4.78, 5) is 11.6. The number of rotatable bonds is 6. The third-order valence-corrected chi connectivity index (χ3v) is 3.65. The van der Waals surface area contributed by atoms with Gasteiger partial charge < -0.3 is 11.1 Å². The molecule has 3 atom stereocenters. The van der Waals surface area contributed by atoms with Crippen LogP contribution in [-0.2, 0) is 4.79 Å². The zero-order valence-corrected chi connectivity index (χ0v) is 11.0. The van der Waals surface area contributed by atoms with Crippen molar-refractivity contribution in [3.8, 4) is 0 Å². The largest absolute Gasteiger partial charge is 0.355 e. The molecular formula is C14H26N2O. The summed E-state index contributed by atoms with van der Waals surface area (Å²) in [5.74, 6) is 1.59. The molecule has 1 saturated carbocycles. The number of carbonyl (C=O) groups excluding carboxylic acids is 1. The summed E-state index contributed by atoms with van der Waals surface area (Å²) < 4.78 is 0. The van der Waals surface area contributed by atoms with Gasteiger partial charge in [-0.2, -0.15) is 0 Å². The third kappa shape index (κ3) is 5.35. The van der Waals surface area contributed by atoms with Gasteiger partial charge in [0.15, 0.2) is 0 Å². The van der Waals surface area contributed by atoms with E-state index in [0.717, 1.165) is 24.8 Å². The molecule has 0 aromatic heterocycles. The van der Waals surface area contributed by atoms with Crippen molar-refractivity contribution in [3.05, 3.63) is 12.7 Å². The average molecular weight is 238 g/mol. The van der Waals surface area contributed by atoms with Crippen molar-refractivity contribution in [3.63, 3.8) is 0 Å². The van der Waals surface area contributed by atoms with Crippen molar-refractivity contribution in [1.29, 1.82) is 0 Å². The van der Waals surface area contributed by atoms with Gasteiger partial charge in [0, 0.05) is 6.54 Å². The van der Waals surface area contributed by atoms with E-state index in [4.69, 9.17) is 5.73 Å². The van der Waals surface area contributed by atoms with Gasteiger partial charge >= 0.3 is 0 Å². The van der Waals surface area contributed by atoms with Crippen LogP contribution in [0, 0.1) is 11.8 Å². The van der Waals surface area contributed by atoms with Gasteiger partial charge in [-0.15, -0.1) is 6.58 Å². The maximum atomic E-state index is 11.6. The molecule has 0 aromatic carbocycles. The van der Waals surface area contributed by atoms with Gasteiger partial charge in [0.2, 0.25) is 5.91 Å². The van der Waals surface area contributed by atoms with Gasteiger partial charge in [0.05, 0.1) is 6.04 Å². The summed E-state index contributed by atoms with van der Waals surface area (Å²) in [6.45, 7) is 6.67. The Hall–Kier alpha value is -0.830. The topological polar surface area (TPSA) is 55.1 Å². The Morgan fingerprint density at radius 2 is 2.35 bits per heavy atom. The Kier molecular flexibility index (Phi) is 6.27. The van der Waals surface area contributed by atoms with Crippen molar-refractivity contribution in [2.24, 2.45) is 17.6 Å². The molecule has 3 nitrogen and oxygen atoms in total. The summed E-state index contributed by atoms with van der Waals surface area (Å²) in [6, 6.07) is -0.433. The van der Waals surface area contributed by atoms with Gasteiger partial charge in [0.1, 0.15) is 0 Å². The van der Waals surface area contributed by atoms with E-state index in [2.05, 4.69) is 18.8 Å². The monoisotopic (exact) mass is 238 g/mol. The van der Waals surface area contributed by atoms with E-state index < -0.39 is 6.04 Å². The third-order valence-electron chi connectivity index (χ3n) is 3.65. The van der Waals surface area contributed by atoms with Crippen molar-refractivity contribution in [1.82, 2.24) is 5.32 Å². The maximum Gasteiger partial charge on any atom is 0.237 e. The van der Waals surface area contributed by atoms with E-state index in [0.29, 0.717) is 6.42 Å². The molecule has 1 fully saturated rings. The predicted molar refractivity (Wildman–Crippen MR) is 71.5 cm³/mol. The number of hydrogen-bond donors (Lipinski definition) is 2. The first-order valence-corrected chi connectivity index (χ1v) is 6.77. The fourth-order valence-electron chi connectivity index (χ4n) is 2.64. The second-order valence-corrected chi connectivity index (χ2v) is 5.35. The minimum absolute atomic E-state index is 0.0474. The highest BCUT2D eigenvalue weighted by Crippen LogP contribution is 2.30. The average Bonchev–Trinajstić information content (AvgIpc) is 2.29. The second-order valence-electron chi connectivity index (χ2n) is 5.35. The minimum atomic E-state index is -0.433. The van der Waals surface area contributed by atoms with Crippen molar-refractivity contribution < 1.29 is 4.79 Å². The zero-order chi connectivity index (χ0) is 12.7. The van der Waals surface area contributed by atoms with Crippen LogP contribution in [0.1, 0.15) is 45.4 Å². The van der Waals surface area contributed by atoms with E-state index in [1.54, 1.807) is 6.08 Å². The molecule has 17 heavy (non-hydrogen) atoms. The molecule has 3 N–H and O–H groups in total. The first-order chi connectivity index (χ1) is 8.13. The molecule has 98 valence electrons. The Morgan fingerprint density at radius 3 is 3.00 bits per heavy atom. The smallest absolute Gasteiger partial charge is 0.237 e. The van der Waals surface area contributed by atoms with Crippen molar-refractivity contribution >= 4 is 5.91 Å². The van der Waals surface area contributed by atoms with E-state index in [1.807, 2.05) is 0 Å². The van der Waals surface area contributed by atoms with Crippen LogP contribution in [0.5, 0.6) is 0 Å². The Morgan fingerprint density at radius 1 is 1.59 bits per heavy atom. The summed E-state index contributed by atoms with van der Waals surface area (Å²) >= 11 is 0. The van der Waals surface area contributed by atoms with E-state index in [-0.39, 0.29) is 5.91 Å². The second kappa shape index (κ2) is 7.49. The predicted octanol–water partition coefficient (Wildman–Crippen LogP) is 2.22. The molecular weight excluding hydrogens is 212 g/mol. The van der Waals surface area contributed by atoms with Gasteiger partial charge in [0.25, 0.3) is 0 Å². The first-order valence-electron chi connectivity index (χ1n) is 6.77. The fourth-order valence-corrected chi connectivity index (χ4v) is 2.64. The van der Waals surface area contributed by atoms with Gasteiger partial charge in [-0.05, 0) is 31.1 Å². The van der Waals surface area contributed by atoms with Gasteiger partial charge in [-0.3, -0.25) is 4.79 Å². The molecule has 0 saturated heterocycles. The number of hydrogen-bond acceptors (Lipinski definition) is 2. The number of nitrogens with two attached hydrogens (primary N) is 1. The number of nitrogens with one attached hydrogen (secondary N) is 1. The molecule has 3 heteroatoms. The summed E-state index contributed by atoms with van der Waals surface area (Å²) in [6.07, 6.45) is 8.67. The quantitative estimate of drug-likeness (QED) is 0.697. The standard InChI is InChI=1S/C14H26N2O/c1-3-5-13(15)14(17)16-9-8-12-7-4-6-11(2)10-12/h3,11-13H,1,4-10,15H2,2H3,(H,16,17). The van der Waals surface area contributed by atoms with Crippen LogP contribution >= 0.6 is 0 Å². The lowest BCUT2D eigenvalue weighted by Gasteiger charge is -2.26. The normalized spacial score (nSPS) is 26.2. The van der Waals surface area contributed by atoms with E-state index >= 15 is 0 Å². The van der Waals surface area contributed by atoms with Crippen LogP contribution in [0.2, 0.25) is 0 Å². The lowest BCUT2D eigenvalue weighted by atomic mass is 9.81. The summed E-state index contributed by atoms with van der Waals surface area (Å²) in [7, 11) is 0. The van der Waals surface area contributed by atoms with E-state index in [1.165, 1.54) is 25.7 Å². The Bertz CT molecular complexity index is 253. The molecule has 0 radical (unpaired) electrons. The molecule has 0 aliphatic heterocycles. The fraction of sp³-hybridized carbons (Fsp3) is 0.786. The van der Waals surface area contributed by atoms with Crippen LogP contribution < -0.4 is 11.1 Å². The molecule has 1 rings (SSSR count). The number of amides is 1. The summed E-state index contributed by atoms with van der Waals surface area (Å²) in [5, 5.41) is 2.92. The zero-order valence-electron chi connectivity index (χ0n) is 11.0. The Labute approximate surface area is 105 Å². The minimum Gasteiger partial charge on any atom is -0.355 e. The van der Waals surface area contributed by atoms with Crippen molar-refractivity contribution in [2.75, 3.05) is 6.54 Å². The molecule has 1 aliphatic rings. The van der Waals surface area contributed by atoms with Crippen molar-refractivity contribution in [2.45, 2.75) is 51.5 Å². The van der Waals surface area contributed by atoms with Crippen LogP contribution in [0.25, 0.3) is 0 Å². The highest BCUT2D eigenvalue weighted by atomic mass is 16.2. The lowest BCUT2D eigenvalue weighted by Crippen LogP contribution is -2.41. The molecule has 0 heterocycles. The SMILES string of the molecule is C=CCC(N)C(=O)NCCC1CCCC(C)C1. The van der Waals surface area contributed by atoms with Crippen LogP contribution in [0.15, 0.2) is 12.7 Å². The lowest BCUT2D eigenvalue weighted by molar-refractivity contribution is -0.122. The molecule has 1 aliphatic carbocycles. The van der Waals surface area contributed by atoms with Crippen LogP contribution in [-0.4, -0.2) is 18.5 Å². The Balaban J connectivity index is 2.14. The van der Waals surface area contributed by atoms with Gasteiger partial charge in [-0.25, -0.2) is 0 Å². The maximum absolute atomic E-state index is 11.6. The molecule has 0 bridgehead atoms. The first kappa shape index (κ1) is 14.2. The highest BCUT2D eigenvalue weighted by molar-refractivity contribution is 5.81. The summed E-state index contributed by atoms with van der Waals surface area (Å²) in [5.41, 5.74) is 5.69. The molecule has 0 spiro atoms. The van der Waals surface area contributed by atoms with Gasteiger partial charge in [-0.1, -0.05) is 32.3 Å². The number of carbonyl (C=O) groups is 1.